The van der Waals surface area contributed by atoms with Gasteiger partial charge in [-0.3, -0.25) is 0 Å². The second kappa shape index (κ2) is 6.55. The van der Waals surface area contributed by atoms with E-state index in [-0.39, 0.29) is 0 Å². The number of hydrogen-bond donors (Lipinski definition) is 1. The summed E-state index contributed by atoms with van der Waals surface area (Å²) in [5.41, 5.74) is 1.90. The van der Waals surface area contributed by atoms with E-state index < -0.39 is 0 Å². The molecule has 0 spiro atoms. The van der Waals surface area contributed by atoms with Crippen LogP contribution in [0.1, 0.15) is 5.56 Å². The molecule has 1 aliphatic rings. The van der Waals surface area contributed by atoms with Crippen LogP contribution in [0.3, 0.4) is 0 Å². The summed E-state index contributed by atoms with van der Waals surface area (Å²) in [5, 5.41) is 4.30. The first-order valence-corrected chi connectivity index (χ1v) is 7.58. The molecule has 0 amide bonds. The molecule has 0 saturated heterocycles. The number of benzene rings is 2. The minimum absolute atomic E-state index is 0.492. The smallest absolute Gasteiger partial charge is 0.163 e. The molecular formula is C16H15Cl2NO3. The zero-order chi connectivity index (χ0) is 15.5. The van der Waals surface area contributed by atoms with E-state index in [4.69, 9.17) is 37.4 Å². The van der Waals surface area contributed by atoms with E-state index in [2.05, 4.69) is 5.32 Å². The molecule has 2 aromatic rings. The Morgan fingerprint density at radius 1 is 1.05 bits per heavy atom. The summed E-state index contributed by atoms with van der Waals surface area (Å²) < 4.78 is 16.2. The van der Waals surface area contributed by atoms with Gasteiger partial charge in [0.25, 0.3) is 0 Å². The maximum absolute atomic E-state index is 6.14. The molecule has 0 aromatic heterocycles. The van der Waals surface area contributed by atoms with Crippen molar-refractivity contribution < 1.29 is 14.2 Å². The Hall–Kier alpha value is -1.78. The minimum atomic E-state index is 0.492. The lowest BCUT2D eigenvalue weighted by molar-refractivity contribution is 0.171. The van der Waals surface area contributed by atoms with E-state index in [1.807, 2.05) is 30.3 Å². The van der Waals surface area contributed by atoms with Crippen LogP contribution < -0.4 is 19.5 Å². The average Bonchev–Trinajstić information content (AvgIpc) is 2.52. The molecule has 0 bridgehead atoms. The number of hydrogen-bond acceptors (Lipinski definition) is 4. The lowest BCUT2D eigenvalue weighted by atomic mass is 10.2. The van der Waals surface area contributed by atoms with Gasteiger partial charge in [-0.05, 0) is 29.8 Å². The van der Waals surface area contributed by atoms with Crippen molar-refractivity contribution in [3.05, 3.63) is 45.9 Å². The van der Waals surface area contributed by atoms with Gasteiger partial charge in [0.2, 0.25) is 0 Å². The van der Waals surface area contributed by atoms with Gasteiger partial charge in [-0.2, -0.15) is 0 Å². The van der Waals surface area contributed by atoms with Crippen LogP contribution in [0, 0.1) is 0 Å². The summed E-state index contributed by atoms with van der Waals surface area (Å²) in [6.07, 6.45) is 0. The number of anilines is 1. The molecule has 0 atom stereocenters. The molecule has 6 heteroatoms. The minimum Gasteiger partial charge on any atom is -0.494 e. The number of nitrogens with one attached hydrogen (secondary N) is 1. The highest BCUT2D eigenvalue weighted by Gasteiger charge is 2.12. The highest BCUT2D eigenvalue weighted by molar-refractivity contribution is 6.37. The maximum atomic E-state index is 6.14. The third-order valence-electron chi connectivity index (χ3n) is 3.30. The Balaban J connectivity index is 1.72. The van der Waals surface area contributed by atoms with E-state index in [0.29, 0.717) is 35.6 Å². The van der Waals surface area contributed by atoms with Crippen molar-refractivity contribution in [2.24, 2.45) is 0 Å². The first kappa shape index (κ1) is 15.1. The normalized spacial score (nSPS) is 12.9. The monoisotopic (exact) mass is 339 g/mol. The molecule has 1 heterocycles. The second-order valence-electron chi connectivity index (χ2n) is 4.80. The van der Waals surface area contributed by atoms with Crippen LogP contribution in [0.2, 0.25) is 10.0 Å². The fourth-order valence-electron chi connectivity index (χ4n) is 2.27. The van der Waals surface area contributed by atoms with Gasteiger partial charge in [0.05, 0.1) is 17.2 Å². The lowest BCUT2D eigenvalue weighted by Gasteiger charge is -2.19. The lowest BCUT2D eigenvalue weighted by Crippen LogP contribution is -2.15. The maximum Gasteiger partial charge on any atom is 0.163 e. The molecule has 0 aliphatic carbocycles. The molecule has 22 heavy (non-hydrogen) atoms. The summed E-state index contributed by atoms with van der Waals surface area (Å²) in [6, 6.07) is 9.42. The van der Waals surface area contributed by atoms with Crippen LogP contribution in [0.15, 0.2) is 30.3 Å². The van der Waals surface area contributed by atoms with E-state index in [0.717, 1.165) is 22.7 Å². The Bertz CT molecular complexity index is 668. The van der Waals surface area contributed by atoms with Gasteiger partial charge in [0.1, 0.15) is 13.2 Å². The number of halogens is 2. The van der Waals surface area contributed by atoms with E-state index in [1.165, 1.54) is 0 Å². The topological polar surface area (TPSA) is 39.7 Å². The van der Waals surface area contributed by atoms with Crippen molar-refractivity contribution >= 4 is 28.9 Å². The van der Waals surface area contributed by atoms with Gasteiger partial charge < -0.3 is 19.5 Å². The first-order chi connectivity index (χ1) is 10.7. The average molecular weight is 340 g/mol. The summed E-state index contributed by atoms with van der Waals surface area (Å²) in [5.74, 6) is 2.01. The molecule has 2 aromatic carbocycles. The number of fused-ring (bicyclic) bond motifs is 1. The van der Waals surface area contributed by atoms with Crippen LogP contribution in [0.5, 0.6) is 17.2 Å². The molecule has 0 fully saturated rings. The van der Waals surface area contributed by atoms with E-state index >= 15 is 0 Å². The van der Waals surface area contributed by atoms with Gasteiger partial charge >= 0.3 is 0 Å². The number of ether oxygens (including phenoxy) is 3. The third kappa shape index (κ3) is 3.18. The van der Waals surface area contributed by atoms with Crippen molar-refractivity contribution in [1.29, 1.82) is 0 Å². The molecule has 3 rings (SSSR count). The Labute approximate surface area is 138 Å². The summed E-state index contributed by atoms with van der Waals surface area (Å²) in [4.78, 5) is 0. The zero-order valence-electron chi connectivity index (χ0n) is 12.0. The van der Waals surface area contributed by atoms with Crippen LogP contribution in [0.25, 0.3) is 0 Å². The Morgan fingerprint density at radius 2 is 1.73 bits per heavy atom. The highest BCUT2D eigenvalue weighted by Crippen LogP contribution is 2.35. The van der Waals surface area contributed by atoms with Crippen molar-refractivity contribution in [2.45, 2.75) is 6.54 Å². The third-order valence-corrected chi connectivity index (χ3v) is 3.86. The SMILES string of the molecule is COc1c(Cl)cc(CNc2ccc3c(c2)OCCO3)cc1Cl. The molecular weight excluding hydrogens is 325 g/mol. The largest absolute Gasteiger partial charge is 0.494 e. The second-order valence-corrected chi connectivity index (χ2v) is 5.62. The predicted molar refractivity (Wildman–Crippen MR) is 87.8 cm³/mol. The van der Waals surface area contributed by atoms with Crippen molar-refractivity contribution in [2.75, 3.05) is 25.6 Å². The van der Waals surface area contributed by atoms with Gasteiger partial charge in [0.15, 0.2) is 17.2 Å². The van der Waals surface area contributed by atoms with Crippen molar-refractivity contribution in [3.8, 4) is 17.2 Å². The van der Waals surface area contributed by atoms with E-state index in [9.17, 15) is 0 Å². The van der Waals surface area contributed by atoms with Gasteiger partial charge in [0, 0.05) is 18.3 Å². The fraction of sp³-hybridized carbons (Fsp3) is 0.250. The van der Waals surface area contributed by atoms with E-state index in [1.54, 1.807) is 7.11 Å². The van der Waals surface area contributed by atoms with Crippen LogP contribution in [0.4, 0.5) is 5.69 Å². The Kier molecular flexibility index (Phi) is 4.50. The molecule has 0 unspecified atom stereocenters. The summed E-state index contributed by atoms with van der Waals surface area (Å²) >= 11 is 12.3. The Morgan fingerprint density at radius 3 is 2.41 bits per heavy atom. The summed E-state index contributed by atoms with van der Waals surface area (Å²) in [6.45, 7) is 1.74. The zero-order valence-corrected chi connectivity index (χ0v) is 13.5. The molecule has 1 N–H and O–H groups in total. The molecule has 4 nitrogen and oxygen atoms in total. The summed E-state index contributed by atoms with van der Waals surface area (Å²) in [7, 11) is 1.54. The van der Waals surface area contributed by atoms with Gasteiger partial charge in [-0.1, -0.05) is 23.2 Å². The van der Waals surface area contributed by atoms with Crippen molar-refractivity contribution in [1.82, 2.24) is 0 Å². The molecule has 0 radical (unpaired) electrons. The fourth-order valence-corrected chi connectivity index (χ4v) is 2.95. The van der Waals surface area contributed by atoms with Crippen LogP contribution in [-0.2, 0) is 6.54 Å². The predicted octanol–water partition coefficient (Wildman–Crippen LogP) is 4.39. The van der Waals surface area contributed by atoms with Crippen LogP contribution in [-0.4, -0.2) is 20.3 Å². The quantitative estimate of drug-likeness (QED) is 0.896. The molecule has 0 saturated carbocycles. The van der Waals surface area contributed by atoms with Gasteiger partial charge in [-0.15, -0.1) is 0 Å². The standard InChI is InChI=1S/C16H15Cl2NO3/c1-20-16-12(17)6-10(7-13(16)18)9-19-11-2-3-14-15(8-11)22-5-4-21-14/h2-3,6-8,19H,4-5,9H2,1H3. The molecule has 116 valence electrons. The van der Waals surface area contributed by atoms with Crippen molar-refractivity contribution in [3.63, 3.8) is 0 Å². The highest BCUT2D eigenvalue weighted by atomic mass is 35.5. The van der Waals surface area contributed by atoms with Gasteiger partial charge in [-0.25, -0.2) is 0 Å². The number of methoxy groups -OCH3 is 1. The number of rotatable bonds is 4. The van der Waals surface area contributed by atoms with Crippen LogP contribution >= 0.6 is 23.2 Å². The first-order valence-electron chi connectivity index (χ1n) is 6.83. The molecule has 1 aliphatic heterocycles.